The van der Waals surface area contributed by atoms with Gasteiger partial charge in [0.15, 0.2) is 11.9 Å². The van der Waals surface area contributed by atoms with E-state index in [4.69, 9.17) is 9.47 Å². The average molecular weight is 140 g/mol. The zero-order valence-electron chi connectivity index (χ0n) is 6.33. The number of ether oxygens (including phenoxy) is 2. The van der Waals surface area contributed by atoms with E-state index in [-0.39, 0.29) is 6.10 Å². The van der Waals surface area contributed by atoms with Gasteiger partial charge in [-0.25, -0.2) is 0 Å². The molecule has 1 aliphatic rings. The molecule has 1 aliphatic heterocycles. The van der Waals surface area contributed by atoms with Crippen LogP contribution in [0.25, 0.3) is 0 Å². The number of epoxide rings is 1. The smallest absolute Gasteiger partial charge is 0.172 e. The molecule has 0 radical (unpaired) electrons. The molecule has 1 fully saturated rings. The highest BCUT2D eigenvalue weighted by Gasteiger charge is 2.26. The van der Waals surface area contributed by atoms with Crippen molar-refractivity contribution in [1.82, 2.24) is 0 Å². The van der Waals surface area contributed by atoms with Crippen molar-refractivity contribution in [1.29, 1.82) is 0 Å². The third-order valence-electron chi connectivity index (χ3n) is 1.28. The van der Waals surface area contributed by atoms with Gasteiger partial charge in [-0.15, -0.1) is 0 Å². The standard InChI is InChI=1S/C8H12O2/c1-3-4-5-9-6-8-7(2)10-8/h3-4,6-7H,5H2,1-2H3. The molecule has 1 saturated heterocycles. The summed E-state index contributed by atoms with van der Waals surface area (Å²) in [4.78, 5) is 0. The lowest BCUT2D eigenvalue weighted by Gasteiger charge is -1.89. The topological polar surface area (TPSA) is 21.8 Å². The van der Waals surface area contributed by atoms with Crippen molar-refractivity contribution in [2.45, 2.75) is 20.0 Å². The van der Waals surface area contributed by atoms with Crippen molar-refractivity contribution >= 4 is 0 Å². The maximum absolute atomic E-state index is 5.09. The number of hydrogen-bond acceptors (Lipinski definition) is 2. The molecule has 0 bridgehead atoms. The molecule has 10 heavy (non-hydrogen) atoms. The van der Waals surface area contributed by atoms with Crippen LogP contribution in [-0.2, 0) is 9.47 Å². The van der Waals surface area contributed by atoms with E-state index < -0.39 is 0 Å². The predicted octanol–water partition coefficient (Wildman–Crippen LogP) is 1.84. The van der Waals surface area contributed by atoms with Crippen LogP contribution >= 0.6 is 0 Å². The lowest BCUT2D eigenvalue weighted by Crippen LogP contribution is -1.79. The Morgan fingerprint density at radius 2 is 2.40 bits per heavy atom. The van der Waals surface area contributed by atoms with Crippen LogP contribution in [0, 0.1) is 0 Å². The lowest BCUT2D eigenvalue weighted by atomic mass is 10.5. The van der Waals surface area contributed by atoms with Gasteiger partial charge in [-0.3, -0.25) is 0 Å². The van der Waals surface area contributed by atoms with E-state index in [0.717, 1.165) is 5.76 Å². The van der Waals surface area contributed by atoms with Gasteiger partial charge >= 0.3 is 0 Å². The molecule has 56 valence electrons. The van der Waals surface area contributed by atoms with Crippen LogP contribution in [0.3, 0.4) is 0 Å². The van der Waals surface area contributed by atoms with Crippen LogP contribution in [0.4, 0.5) is 0 Å². The van der Waals surface area contributed by atoms with Crippen LogP contribution in [0.15, 0.2) is 24.2 Å². The van der Waals surface area contributed by atoms with Gasteiger partial charge in [0.25, 0.3) is 0 Å². The van der Waals surface area contributed by atoms with Gasteiger partial charge in [0.2, 0.25) is 0 Å². The molecule has 1 rings (SSSR count). The number of allylic oxidation sites excluding steroid dienone is 1. The summed E-state index contributed by atoms with van der Waals surface area (Å²) < 4.78 is 10.1. The molecule has 1 heterocycles. The van der Waals surface area contributed by atoms with E-state index in [0.29, 0.717) is 6.61 Å². The zero-order valence-corrected chi connectivity index (χ0v) is 6.33. The predicted molar refractivity (Wildman–Crippen MR) is 39.4 cm³/mol. The van der Waals surface area contributed by atoms with Gasteiger partial charge in [-0.1, -0.05) is 12.2 Å². The number of hydrogen-bond donors (Lipinski definition) is 0. The average Bonchev–Trinajstić information content (AvgIpc) is 2.60. The summed E-state index contributed by atoms with van der Waals surface area (Å²) in [5.41, 5.74) is 0. The highest BCUT2D eigenvalue weighted by Crippen LogP contribution is 2.25. The fraction of sp³-hybridized carbons (Fsp3) is 0.500. The number of rotatable bonds is 3. The van der Waals surface area contributed by atoms with E-state index >= 15 is 0 Å². The summed E-state index contributed by atoms with van der Waals surface area (Å²) in [6.45, 7) is 4.59. The molecule has 0 amide bonds. The van der Waals surface area contributed by atoms with Crippen LogP contribution < -0.4 is 0 Å². The summed E-state index contributed by atoms with van der Waals surface area (Å²) in [5, 5.41) is 0. The summed E-state index contributed by atoms with van der Waals surface area (Å²) >= 11 is 0. The Kier molecular flexibility index (Phi) is 2.37. The second kappa shape index (κ2) is 3.30. The maximum Gasteiger partial charge on any atom is 0.172 e. The molecule has 0 aromatic rings. The molecule has 2 heteroatoms. The first-order valence-electron chi connectivity index (χ1n) is 3.44. The van der Waals surface area contributed by atoms with Crippen LogP contribution in [-0.4, -0.2) is 12.7 Å². The minimum atomic E-state index is 0.283. The van der Waals surface area contributed by atoms with Gasteiger partial charge in [0.05, 0.1) is 0 Å². The fourth-order valence-corrected chi connectivity index (χ4v) is 0.576. The third kappa shape index (κ3) is 2.13. The molecule has 0 N–H and O–H groups in total. The SMILES string of the molecule is CC=CCOC=C1OC1C. The van der Waals surface area contributed by atoms with Crippen molar-refractivity contribution in [3.63, 3.8) is 0 Å². The van der Waals surface area contributed by atoms with Gasteiger partial charge in [0, 0.05) is 0 Å². The van der Waals surface area contributed by atoms with E-state index in [1.807, 2.05) is 26.0 Å². The van der Waals surface area contributed by atoms with Crippen molar-refractivity contribution < 1.29 is 9.47 Å². The minimum Gasteiger partial charge on any atom is -0.493 e. The highest BCUT2D eigenvalue weighted by atomic mass is 16.6. The monoisotopic (exact) mass is 140 g/mol. The van der Waals surface area contributed by atoms with E-state index in [1.165, 1.54) is 0 Å². The summed E-state index contributed by atoms with van der Waals surface area (Å²) in [6, 6.07) is 0. The molecular formula is C8H12O2. The Morgan fingerprint density at radius 3 is 2.90 bits per heavy atom. The van der Waals surface area contributed by atoms with Crippen molar-refractivity contribution in [3.8, 4) is 0 Å². The Balaban J connectivity index is 2.06. The highest BCUT2D eigenvalue weighted by molar-refractivity contribution is 5.08. The molecule has 2 nitrogen and oxygen atoms in total. The quantitative estimate of drug-likeness (QED) is 0.258. The molecule has 1 atom stereocenters. The molecule has 0 aliphatic carbocycles. The summed E-state index contributed by atoms with van der Waals surface area (Å²) in [5.74, 6) is 0.949. The Morgan fingerprint density at radius 1 is 1.70 bits per heavy atom. The fourth-order valence-electron chi connectivity index (χ4n) is 0.576. The first-order valence-corrected chi connectivity index (χ1v) is 3.44. The van der Waals surface area contributed by atoms with Crippen LogP contribution in [0.2, 0.25) is 0 Å². The molecular weight excluding hydrogens is 128 g/mol. The molecule has 0 spiro atoms. The van der Waals surface area contributed by atoms with Gasteiger partial charge in [-0.2, -0.15) is 0 Å². The first-order chi connectivity index (χ1) is 4.84. The van der Waals surface area contributed by atoms with Gasteiger partial charge < -0.3 is 9.47 Å². The molecule has 1 unspecified atom stereocenters. The largest absolute Gasteiger partial charge is 0.493 e. The van der Waals surface area contributed by atoms with Gasteiger partial charge in [-0.05, 0) is 13.8 Å². The first kappa shape index (κ1) is 7.19. The van der Waals surface area contributed by atoms with Crippen LogP contribution in [0.5, 0.6) is 0 Å². The molecule has 0 aromatic heterocycles. The second-order valence-electron chi connectivity index (χ2n) is 2.18. The maximum atomic E-state index is 5.09. The summed E-state index contributed by atoms with van der Waals surface area (Å²) in [7, 11) is 0. The summed E-state index contributed by atoms with van der Waals surface area (Å²) in [6.07, 6.45) is 5.86. The van der Waals surface area contributed by atoms with E-state index in [2.05, 4.69) is 0 Å². The lowest BCUT2D eigenvalue weighted by molar-refractivity contribution is 0.282. The van der Waals surface area contributed by atoms with E-state index in [1.54, 1.807) is 6.26 Å². The Labute approximate surface area is 61.1 Å². The van der Waals surface area contributed by atoms with Crippen molar-refractivity contribution in [2.24, 2.45) is 0 Å². The molecule has 0 aromatic carbocycles. The van der Waals surface area contributed by atoms with E-state index in [9.17, 15) is 0 Å². The zero-order chi connectivity index (χ0) is 7.40. The third-order valence-corrected chi connectivity index (χ3v) is 1.28. The van der Waals surface area contributed by atoms with Crippen molar-refractivity contribution in [3.05, 3.63) is 24.2 Å². The normalized spacial score (nSPS) is 27.0. The van der Waals surface area contributed by atoms with Gasteiger partial charge in [0.1, 0.15) is 12.9 Å². The van der Waals surface area contributed by atoms with Crippen molar-refractivity contribution in [2.75, 3.05) is 6.61 Å². The Bertz CT molecular complexity index is 159. The van der Waals surface area contributed by atoms with Crippen LogP contribution in [0.1, 0.15) is 13.8 Å². The Hall–Kier alpha value is -0.920. The second-order valence-corrected chi connectivity index (χ2v) is 2.18. The molecule has 0 saturated carbocycles. The minimum absolute atomic E-state index is 0.283.